The summed E-state index contributed by atoms with van der Waals surface area (Å²) in [5.74, 6) is 0.130. The zero-order chi connectivity index (χ0) is 15.7. The molecule has 0 saturated heterocycles. The molecule has 2 aromatic carbocycles. The number of benzene rings is 2. The van der Waals surface area contributed by atoms with Crippen LogP contribution in [0.15, 0.2) is 42.1 Å². The van der Waals surface area contributed by atoms with Gasteiger partial charge in [0.2, 0.25) is 0 Å². The van der Waals surface area contributed by atoms with Crippen molar-refractivity contribution >= 4 is 35.0 Å². The Labute approximate surface area is 132 Å². The molecular weight excluding hydrogens is 304 g/mol. The Morgan fingerprint density at radius 2 is 1.95 bits per heavy atom. The average molecular weight is 317 g/mol. The van der Waals surface area contributed by atoms with Gasteiger partial charge in [0.15, 0.2) is 11.5 Å². The van der Waals surface area contributed by atoms with E-state index >= 15 is 0 Å². The van der Waals surface area contributed by atoms with Gasteiger partial charge in [0.1, 0.15) is 5.70 Å². The molecule has 6 heteroatoms. The number of phenolic OH excluding ortho intramolecular Hbond substituents is 1. The molecule has 0 aromatic heterocycles. The number of halogens is 1. The van der Waals surface area contributed by atoms with Crippen LogP contribution in [0.2, 0.25) is 5.02 Å². The molecule has 0 radical (unpaired) electrons. The van der Waals surface area contributed by atoms with Crippen molar-refractivity contribution < 1.29 is 14.6 Å². The number of anilines is 2. The summed E-state index contributed by atoms with van der Waals surface area (Å²) in [5.41, 5.74) is 2.52. The van der Waals surface area contributed by atoms with Crippen LogP contribution < -0.4 is 15.4 Å². The van der Waals surface area contributed by atoms with Crippen LogP contribution in [-0.4, -0.2) is 18.1 Å². The first kappa shape index (κ1) is 14.3. The quantitative estimate of drug-likeness (QED) is 0.742. The lowest BCUT2D eigenvalue weighted by Crippen LogP contribution is -2.25. The Balaban J connectivity index is 1.95. The molecule has 1 amide bonds. The summed E-state index contributed by atoms with van der Waals surface area (Å²) in [5, 5.41) is 16.0. The van der Waals surface area contributed by atoms with Gasteiger partial charge in [-0.1, -0.05) is 17.7 Å². The van der Waals surface area contributed by atoms with Gasteiger partial charge in [0.25, 0.3) is 5.91 Å². The van der Waals surface area contributed by atoms with Crippen molar-refractivity contribution in [3.63, 3.8) is 0 Å². The number of methoxy groups -OCH3 is 1. The lowest BCUT2D eigenvalue weighted by molar-refractivity contribution is -0.112. The van der Waals surface area contributed by atoms with Crippen LogP contribution in [0.25, 0.3) is 6.08 Å². The molecule has 0 spiro atoms. The normalized spacial score (nSPS) is 15.0. The molecule has 0 aliphatic carbocycles. The fourth-order valence-corrected chi connectivity index (χ4v) is 2.34. The third-order valence-corrected chi connectivity index (χ3v) is 3.49. The Hall–Kier alpha value is -2.66. The van der Waals surface area contributed by atoms with Crippen molar-refractivity contribution in [2.24, 2.45) is 0 Å². The molecule has 0 unspecified atom stereocenters. The summed E-state index contributed by atoms with van der Waals surface area (Å²) in [6.45, 7) is 0. The van der Waals surface area contributed by atoms with Gasteiger partial charge in [0, 0.05) is 5.02 Å². The molecule has 2 aromatic rings. The fraction of sp³-hybridized carbons (Fsp3) is 0.0625. The molecular formula is C16H13ClN2O3. The predicted molar refractivity (Wildman–Crippen MR) is 86.3 cm³/mol. The smallest absolute Gasteiger partial charge is 0.272 e. The number of rotatable bonds is 2. The van der Waals surface area contributed by atoms with Crippen molar-refractivity contribution in [1.82, 2.24) is 0 Å². The van der Waals surface area contributed by atoms with E-state index in [4.69, 9.17) is 16.3 Å². The number of phenols is 1. The third-order valence-electron chi connectivity index (χ3n) is 3.26. The van der Waals surface area contributed by atoms with E-state index in [9.17, 15) is 9.90 Å². The zero-order valence-corrected chi connectivity index (χ0v) is 12.4. The monoisotopic (exact) mass is 316 g/mol. The summed E-state index contributed by atoms with van der Waals surface area (Å²) in [4.78, 5) is 12.1. The second-order valence-corrected chi connectivity index (χ2v) is 5.19. The number of hydrogen-bond acceptors (Lipinski definition) is 4. The number of nitrogens with one attached hydrogen (secondary N) is 2. The molecule has 3 N–H and O–H groups in total. The first-order valence-electron chi connectivity index (χ1n) is 6.53. The molecule has 0 saturated carbocycles. The van der Waals surface area contributed by atoms with Crippen molar-refractivity contribution in [2.45, 2.75) is 0 Å². The number of ether oxygens (including phenoxy) is 1. The molecule has 3 rings (SSSR count). The Morgan fingerprint density at radius 1 is 1.14 bits per heavy atom. The minimum absolute atomic E-state index is 0.0469. The average Bonchev–Trinajstić information content (AvgIpc) is 2.50. The maximum atomic E-state index is 12.1. The number of carbonyl (C=O) groups excluding carboxylic acids is 1. The first-order chi connectivity index (χ1) is 10.6. The SMILES string of the molecule is COc1cc(C=C2Nc3ccc(Cl)cc3NC2=O)ccc1O. The highest BCUT2D eigenvalue weighted by atomic mass is 35.5. The molecule has 0 bridgehead atoms. The molecule has 112 valence electrons. The number of fused-ring (bicyclic) bond motifs is 1. The number of hydrogen-bond donors (Lipinski definition) is 3. The van der Waals surface area contributed by atoms with Gasteiger partial charge in [0.05, 0.1) is 18.5 Å². The van der Waals surface area contributed by atoms with Crippen LogP contribution in [0, 0.1) is 0 Å². The first-order valence-corrected chi connectivity index (χ1v) is 6.91. The fourth-order valence-electron chi connectivity index (χ4n) is 2.17. The summed E-state index contributed by atoms with van der Waals surface area (Å²) in [6.07, 6.45) is 1.68. The highest BCUT2D eigenvalue weighted by Gasteiger charge is 2.19. The molecule has 0 fully saturated rings. The van der Waals surface area contributed by atoms with E-state index < -0.39 is 0 Å². The third kappa shape index (κ3) is 2.71. The van der Waals surface area contributed by atoms with Gasteiger partial charge >= 0.3 is 0 Å². The minimum Gasteiger partial charge on any atom is -0.504 e. The lowest BCUT2D eigenvalue weighted by atomic mass is 10.1. The van der Waals surface area contributed by atoms with Crippen molar-refractivity contribution in [3.05, 3.63) is 52.7 Å². The Morgan fingerprint density at radius 3 is 2.73 bits per heavy atom. The summed E-state index contributed by atoms with van der Waals surface area (Å²) >= 11 is 5.91. The van der Waals surface area contributed by atoms with Gasteiger partial charge in [-0.2, -0.15) is 0 Å². The molecule has 1 aliphatic heterocycles. The molecule has 1 aliphatic rings. The minimum atomic E-state index is -0.262. The van der Waals surface area contributed by atoms with E-state index in [0.717, 1.165) is 11.3 Å². The molecule has 1 heterocycles. The van der Waals surface area contributed by atoms with Crippen molar-refractivity contribution in [3.8, 4) is 11.5 Å². The van der Waals surface area contributed by atoms with Crippen LogP contribution in [0.3, 0.4) is 0 Å². The standard InChI is InChI=1S/C16H13ClN2O3/c1-22-15-7-9(2-5-14(15)20)6-13-16(21)19-12-8-10(17)3-4-11(12)18-13/h2-8,18,20H,1H3,(H,19,21). The second-order valence-electron chi connectivity index (χ2n) is 4.76. The van der Waals surface area contributed by atoms with Crippen molar-refractivity contribution in [1.29, 1.82) is 0 Å². The van der Waals surface area contributed by atoms with Crippen LogP contribution in [0.5, 0.6) is 11.5 Å². The summed E-state index contributed by atoms with van der Waals surface area (Å²) < 4.78 is 5.06. The van der Waals surface area contributed by atoms with E-state index in [0.29, 0.717) is 22.2 Å². The Kier molecular flexibility index (Phi) is 3.65. The van der Waals surface area contributed by atoms with Gasteiger partial charge < -0.3 is 20.5 Å². The number of aromatic hydroxyl groups is 1. The summed E-state index contributed by atoms with van der Waals surface area (Å²) in [6, 6.07) is 10.1. The van der Waals surface area contributed by atoms with E-state index in [1.54, 1.807) is 36.4 Å². The Bertz CT molecular complexity index is 787. The van der Waals surface area contributed by atoms with Gasteiger partial charge in [-0.3, -0.25) is 4.79 Å². The van der Waals surface area contributed by atoms with E-state index in [2.05, 4.69) is 10.6 Å². The van der Waals surface area contributed by atoms with Crippen LogP contribution in [-0.2, 0) is 4.79 Å². The maximum absolute atomic E-state index is 12.1. The second kappa shape index (κ2) is 5.61. The largest absolute Gasteiger partial charge is 0.504 e. The van der Waals surface area contributed by atoms with Gasteiger partial charge in [-0.15, -0.1) is 0 Å². The molecule has 0 atom stereocenters. The molecule has 5 nitrogen and oxygen atoms in total. The van der Waals surface area contributed by atoms with Crippen LogP contribution in [0.4, 0.5) is 11.4 Å². The van der Waals surface area contributed by atoms with E-state index in [-0.39, 0.29) is 11.7 Å². The highest BCUT2D eigenvalue weighted by Crippen LogP contribution is 2.32. The van der Waals surface area contributed by atoms with E-state index in [1.807, 2.05) is 0 Å². The lowest BCUT2D eigenvalue weighted by Gasteiger charge is -2.21. The van der Waals surface area contributed by atoms with Gasteiger partial charge in [-0.25, -0.2) is 0 Å². The van der Waals surface area contributed by atoms with Crippen LogP contribution in [0.1, 0.15) is 5.56 Å². The van der Waals surface area contributed by atoms with Gasteiger partial charge in [-0.05, 0) is 42.0 Å². The number of carbonyl (C=O) groups is 1. The summed E-state index contributed by atoms with van der Waals surface area (Å²) in [7, 11) is 1.47. The number of amides is 1. The topological polar surface area (TPSA) is 70.6 Å². The molecule has 22 heavy (non-hydrogen) atoms. The zero-order valence-electron chi connectivity index (χ0n) is 11.7. The van der Waals surface area contributed by atoms with Crippen LogP contribution >= 0.6 is 11.6 Å². The van der Waals surface area contributed by atoms with E-state index in [1.165, 1.54) is 13.2 Å². The highest BCUT2D eigenvalue weighted by molar-refractivity contribution is 6.31. The maximum Gasteiger partial charge on any atom is 0.272 e. The van der Waals surface area contributed by atoms with Crippen molar-refractivity contribution in [2.75, 3.05) is 17.7 Å². The predicted octanol–water partition coefficient (Wildman–Crippen LogP) is 3.46.